The number of hydrogen-bond acceptors (Lipinski definition) is 3. The monoisotopic (exact) mass is 751 g/mol. The van der Waals surface area contributed by atoms with Crippen LogP contribution in [0.5, 0.6) is 0 Å². The Morgan fingerprint density at radius 3 is 1.42 bits per heavy atom. The van der Waals surface area contributed by atoms with Gasteiger partial charge in [-0.3, -0.25) is 0 Å². The van der Waals surface area contributed by atoms with Crippen LogP contribution in [-0.4, -0.2) is 30.1 Å². The van der Waals surface area contributed by atoms with Crippen molar-refractivity contribution in [2.75, 3.05) is 21.3 Å². The summed E-state index contributed by atoms with van der Waals surface area (Å²) >= 11 is 0. The molecule has 1 aliphatic carbocycles. The van der Waals surface area contributed by atoms with E-state index in [9.17, 15) is 4.39 Å². The van der Waals surface area contributed by atoms with Crippen LogP contribution in [0, 0.1) is 0 Å². The van der Waals surface area contributed by atoms with E-state index in [0.717, 1.165) is 29.0 Å². The zero-order valence-corrected chi connectivity index (χ0v) is 36.1. The van der Waals surface area contributed by atoms with Gasteiger partial charge in [0.2, 0.25) is 0 Å². The number of benzene rings is 3. The molecule has 0 amide bonds. The lowest BCUT2D eigenvalue weighted by molar-refractivity contribution is 0.122. The Labute approximate surface area is 327 Å². The van der Waals surface area contributed by atoms with E-state index in [-0.39, 0.29) is 0 Å². The number of hydrogen-bond donors (Lipinski definition) is 0. The first-order valence-corrected chi connectivity index (χ1v) is 23.8. The van der Waals surface area contributed by atoms with Gasteiger partial charge in [-0.1, -0.05) is 223 Å². The predicted octanol–water partition coefficient (Wildman–Crippen LogP) is 16.3. The fourth-order valence-corrected chi connectivity index (χ4v) is 9.29. The van der Waals surface area contributed by atoms with Gasteiger partial charge in [0.15, 0.2) is 0 Å². The molecule has 300 valence electrons. The zero-order valence-electron chi connectivity index (χ0n) is 35.1. The third-order valence-electron chi connectivity index (χ3n) is 10.9. The van der Waals surface area contributed by atoms with E-state index in [1.54, 1.807) is 21.3 Å². The average molecular weight is 751 g/mol. The van der Waals surface area contributed by atoms with Gasteiger partial charge in [-0.25, -0.2) is 4.39 Å². The van der Waals surface area contributed by atoms with Gasteiger partial charge in [0.25, 0.3) is 0 Å². The van der Waals surface area contributed by atoms with Crippen molar-refractivity contribution in [3.8, 4) is 0 Å². The minimum absolute atomic E-state index is 0.492. The lowest BCUT2D eigenvalue weighted by Gasteiger charge is -2.24. The van der Waals surface area contributed by atoms with Gasteiger partial charge in [0.05, 0.1) is 0 Å². The SMILES string of the molecule is CCCCCCCCCCCCCCCCC.CCCCCCCCCC[Si](OC)(OC)OC.FC1CC=Cc2c1ccc1c2ccc2ccccc21. The molecule has 3 aromatic carbocycles. The Kier molecular flexibility index (Phi) is 26.8. The molecule has 1 aliphatic rings. The van der Waals surface area contributed by atoms with Gasteiger partial charge >= 0.3 is 8.80 Å². The van der Waals surface area contributed by atoms with E-state index in [1.165, 1.54) is 157 Å². The zero-order chi connectivity index (χ0) is 38.4. The molecule has 0 heterocycles. The van der Waals surface area contributed by atoms with Crippen LogP contribution in [0.4, 0.5) is 4.39 Å². The molecule has 0 aliphatic heterocycles. The lowest BCUT2D eigenvalue weighted by Crippen LogP contribution is -2.42. The van der Waals surface area contributed by atoms with Gasteiger partial charge in [0, 0.05) is 33.8 Å². The largest absolute Gasteiger partial charge is 0.500 e. The second-order valence-corrected chi connectivity index (χ2v) is 18.3. The average Bonchev–Trinajstić information content (AvgIpc) is 3.20. The first kappa shape index (κ1) is 47.1. The van der Waals surface area contributed by atoms with Crippen molar-refractivity contribution in [1.29, 1.82) is 0 Å². The van der Waals surface area contributed by atoms with Crippen LogP contribution in [0.25, 0.3) is 27.6 Å². The molecule has 0 aromatic heterocycles. The highest BCUT2D eigenvalue weighted by atomic mass is 28.4. The topological polar surface area (TPSA) is 27.7 Å². The molecule has 0 N–H and O–H groups in total. The molecule has 1 atom stereocenters. The molecular formula is C48H79FO3Si. The molecule has 0 bridgehead atoms. The highest BCUT2D eigenvalue weighted by Crippen LogP contribution is 2.37. The summed E-state index contributed by atoms with van der Waals surface area (Å²) in [5.74, 6) is 0. The number of halogens is 1. The van der Waals surface area contributed by atoms with Crippen LogP contribution in [0.3, 0.4) is 0 Å². The van der Waals surface area contributed by atoms with Crippen LogP contribution >= 0.6 is 0 Å². The molecule has 1 unspecified atom stereocenters. The summed E-state index contributed by atoms with van der Waals surface area (Å²) in [6.45, 7) is 6.84. The molecule has 5 heteroatoms. The lowest BCUT2D eigenvalue weighted by atomic mass is 9.89. The molecular weight excluding hydrogens is 672 g/mol. The van der Waals surface area contributed by atoms with E-state index >= 15 is 0 Å². The van der Waals surface area contributed by atoms with Gasteiger partial charge in [-0.15, -0.1) is 0 Å². The molecule has 0 spiro atoms. The van der Waals surface area contributed by atoms with Gasteiger partial charge in [-0.2, -0.15) is 0 Å². The summed E-state index contributed by atoms with van der Waals surface area (Å²) in [6.07, 6.45) is 36.1. The molecule has 0 fully saturated rings. The molecule has 0 saturated heterocycles. The van der Waals surface area contributed by atoms with E-state index in [4.69, 9.17) is 13.3 Å². The third-order valence-corrected chi connectivity index (χ3v) is 13.8. The number of alkyl halides is 1. The molecule has 53 heavy (non-hydrogen) atoms. The minimum Gasteiger partial charge on any atom is -0.377 e. The first-order valence-electron chi connectivity index (χ1n) is 21.9. The summed E-state index contributed by atoms with van der Waals surface area (Å²) in [6, 6.07) is 17.5. The van der Waals surface area contributed by atoms with E-state index in [1.807, 2.05) is 18.2 Å². The highest BCUT2D eigenvalue weighted by molar-refractivity contribution is 6.60. The summed E-state index contributed by atoms with van der Waals surface area (Å²) < 4.78 is 30.1. The smallest absolute Gasteiger partial charge is 0.377 e. The Morgan fingerprint density at radius 1 is 0.509 bits per heavy atom. The predicted molar refractivity (Wildman–Crippen MR) is 234 cm³/mol. The van der Waals surface area contributed by atoms with Crippen LogP contribution in [-0.2, 0) is 13.3 Å². The summed E-state index contributed by atoms with van der Waals surface area (Å²) in [4.78, 5) is 0. The van der Waals surface area contributed by atoms with E-state index in [0.29, 0.717) is 6.42 Å². The van der Waals surface area contributed by atoms with E-state index < -0.39 is 15.0 Å². The van der Waals surface area contributed by atoms with Crippen molar-refractivity contribution in [3.05, 3.63) is 65.7 Å². The Hall–Kier alpha value is -2.05. The van der Waals surface area contributed by atoms with Crippen molar-refractivity contribution in [2.24, 2.45) is 0 Å². The Morgan fingerprint density at radius 2 is 0.943 bits per heavy atom. The Bertz CT molecular complexity index is 1330. The van der Waals surface area contributed by atoms with Crippen molar-refractivity contribution < 1.29 is 17.7 Å². The van der Waals surface area contributed by atoms with E-state index in [2.05, 4.69) is 63.2 Å². The minimum atomic E-state index is -2.30. The summed E-state index contributed by atoms with van der Waals surface area (Å²) in [7, 11) is 2.75. The van der Waals surface area contributed by atoms with Crippen molar-refractivity contribution in [3.63, 3.8) is 0 Å². The third kappa shape index (κ3) is 18.4. The second kappa shape index (κ2) is 30.2. The number of fused-ring (bicyclic) bond motifs is 5. The summed E-state index contributed by atoms with van der Waals surface area (Å²) in [5, 5.41) is 4.81. The maximum Gasteiger partial charge on any atom is 0.500 e. The number of rotatable bonds is 26. The maximum absolute atomic E-state index is 14.0. The molecule has 3 nitrogen and oxygen atoms in total. The number of allylic oxidation sites excluding steroid dienone is 1. The molecule has 4 rings (SSSR count). The van der Waals surface area contributed by atoms with Crippen LogP contribution in [0.1, 0.15) is 192 Å². The Balaban J connectivity index is 0.000000276. The maximum atomic E-state index is 14.0. The second-order valence-electron chi connectivity index (χ2n) is 15.2. The van der Waals surface area contributed by atoms with Crippen molar-refractivity contribution in [1.82, 2.24) is 0 Å². The molecule has 3 aromatic rings. The van der Waals surface area contributed by atoms with Gasteiger partial charge in [-0.05, 0) is 39.1 Å². The van der Waals surface area contributed by atoms with Gasteiger partial charge in [0.1, 0.15) is 6.17 Å². The van der Waals surface area contributed by atoms with Crippen LogP contribution in [0.2, 0.25) is 6.04 Å². The highest BCUT2D eigenvalue weighted by Gasteiger charge is 2.36. The molecule has 0 radical (unpaired) electrons. The summed E-state index contributed by atoms with van der Waals surface area (Å²) in [5.41, 5.74) is 1.87. The van der Waals surface area contributed by atoms with Crippen LogP contribution < -0.4 is 0 Å². The van der Waals surface area contributed by atoms with Crippen LogP contribution in [0.15, 0.2) is 54.6 Å². The fourth-order valence-electron chi connectivity index (χ4n) is 7.50. The van der Waals surface area contributed by atoms with Gasteiger partial charge < -0.3 is 13.3 Å². The number of unbranched alkanes of at least 4 members (excludes halogenated alkanes) is 21. The molecule has 0 saturated carbocycles. The quantitative estimate of drug-likeness (QED) is 0.0464. The normalized spacial score (nSPS) is 13.8. The first-order chi connectivity index (χ1) is 26.0. The van der Waals surface area contributed by atoms with Crippen molar-refractivity contribution >= 4 is 36.4 Å². The standard InChI is InChI=1S/C18H13F.C17H36.C13H30O3Si/c19-18-7-3-6-14-16-9-8-12-4-1-2-5-13(12)15(16)10-11-17(14)18;1-3-5-7-9-11-13-15-17-16-14-12-10-8-6-4-2;1-5-6-7-8-9-10-11-12-13-17(14-2,15-3)16-4/h1-6,8-11,18H,7H2;3-17H2,1-2H3;5-13H2,1-4H3. The fraction of sp³-hybridized carbons (Fsp3) is 0.667. The van der Waals surface area contributed by atoms with Crippen molar-refractivity contribution in [2.45, 2.75) is 187 Å².